The van der Waals surface area contributed by atoms with E-state index in [9.17, 15) is 9.59 Å². The lowest BCUT2D eigenvalue weighted by molar-refractivity contribution is -0.135. The number of hydrogen-bond acceptors (Lipinski definition) is 2. The predicted molar refractivity (Wildman–Crippen MR) is 63.9 cm³/mol. The van der Waals surface area contributed by atoms with Crippen molar-refractivity contribution in [3.05, 3.63) is 24.8 Å². The van der Waals surface area contributed by atoms with E-state index in [0.717, 1.165) is 25.7 Å². The fourth-order valence-electron chi connectivity index (χ4n) is 1.90. The van der Waals surface area contributed by atoms with Crippen molar-refractivity contribution in [2.24, 2.45) is 5.92 Å². The molecule has 1 rings (SSSR count). The van der Waals surface area contributed by atoms with Gasteiger partial charge in [0.25, 0.3) is 0 Å². The first-order valence-electron chi connectivity index (χ1n) is 5.73. The van der Waals surface area contributed by atoms with Crippen LogP contribution in [0, 0.1) is 5.92 Å². The van der Waals surface area contributed by atoms with Crippen LogP contribution < -0.4 is 5.32 Å². The minimum Gasteiger partial charge on any atom is -0.352 e. The van der Waals surface area contributed by atoms with Crippen LogP contribution in [0.15, 0.2) is 24.8 Å². The average molecular weight is 221 g/mol. The number of ketones is 1. The number of amides is 1. The summed E-state index contributed by atoms with van der Waals surface area (Å²) in [6, 6.07) is 0.282. The number of carbonyl (C=O) groups is 2. The smallest absolute Gasteiger partial charge is 0.225 e. The van der Waals surface area contributed by atoms with Crippen LogP contribution in [0.25, 0.3) is 0 Å². The molecule has 1 fully saturated rings. The van der Waals surface area contributed by atoms with Crippen LogP contribution in [0.3, 0.4) is 0 Å². The molecule has 1 aliphatic heterocycles. The highest BCUT2D eigenvalue weighted by Gasteiger charge is 2.37. The maximum absolute atomic E-state index is 11.3. The third-order valence-electron chi connectivity index (χ3n) is 2.83. The van der Waals surface area contributed by atoms with Crippen molar-refractivity contribution in [2.75, 3.05) is 0 Å². The number of hydrogen-bond donors (Lipinski definition) is 1. The molecule has 1 heterocycles. The fraction of sp³-hybridized carbons (Fsp3) is 0.538. The topological polar surface area (TPSA) is 46.2 Å². The molecule has 0 spiro atoms. The summed E-state index contributed by atoms with van der Waals surface area (Å²) in [5.41, 5.74) is 0. The standard InChI is InChI=1S/C13H19NO2/c1-3-4-8-11-12(14-13(11)16)9-6-5-7-10(2)15/h3,5,7,11-12H,1,4,6,8-9H2,2H3,(H,14,16)/b7-5+/t11-,12+/m0/s1. The first kappa shape index (κ1) is 12.7. The van der Waals surface area contributed by atoms with E-state index in [0.29, 0.717) is 0 Å². The molecule has 16 heavy (non-hydrogen) atoms. The summed E-state index contributed by atoms with van der Waals surface area (Å²) in [7, 11) is 0. The molecule has 0 unspecified atom stereocenters. The van der Waals surface area contributed by atoms with E-state index in [2.05, 4.69) is 11.9 Å². The molecule has 3 heteroatoms. The number of rotatable bonds is 7. The normalized spacial score (nSPS) is 23.9. The molecule has 1 N–H and O–H groups in total. The van der Waals surface area contributed by atoms with Gasteiger partial charge in [-0.3, -0.25) is 9.59 Å². The Labute approximate surface area is 96.6 Å². The summed E-state index contributed by atoms with van der Waals surface area (Å²) in [5.74, 6) is 0.368. The molecule has 0 saturated carbocycles. The quantitative estimate of drug-likeness (QED) is 0.406. The van der Waals surface area contributed by atoms with E-state index >= 15 is 0 Å². The van der Waals surface area contributed by atoms with Crippen molar-refractivity contribution in [1.29, 1.82) is 0 Å². The van der Waals surface area contributed by atoms with Gasteiger partial charge in [-0.15, -0.1) is 6.58 Å². The van der Waals surface area contributed by atoms with E-state index in [4.69, 9.17) is 0 Å². The van der Waals surface area contributed by atoms with Gasteiger partial charge in [0, 0.05) is 6.04 Å². The van der Waals surface area contributed by atoms with Crippen molar-refractivity contribution in [1.82, 2.24) is 5.32 Å². The summed E-state index contributed by atoms with van der Waals surface area (Å²) in [6.07, 6.45) is 8.83. The second-order valence-electron chi connectivity index (χ2n) is 4.18. The van der Waals surface area contributed by atoms with Gasteiger partial charge in [0.05, 0.1) is 5.92 Å². The maximum Gasteiger partial charge on any atom is 0.225 e. The number of carbonyl (C=O) groups excluding carboxylic acids is 2. The molecule has 0 aromatic heterocycles. The molecule has 2 atom stereocenters. The number of nitrogens with one attached hydrogen (secondary N) is 1. The SMILES string of the molecule is C=CCC[C@@H]1C(=O)N[C@@H]1CC/C=C/C(C)=O. The van der Waals surface area contributed by atoms with Gasteiger partial charge >= 0.3 is 0 Å². The molecule has 3 nitrogen and oxygen atoms in total. The van der Waals surface area contributed by atoms with Crippen LogP contribution in [0.1, 0.15) is 32.6 Å². The van der Waals surface area contributed by atoms with E-state index in [1.807, 2.05) is 12.2 Å². The van der Waals surface area contributed by atoms with E-state index in [1.165, 1.54) is 6.92 Å². The predicted octanol–water partition coefficient (Wildman–Crippen LogP) is 1.99. The van der Waals surface area contributed by atoms with Crippen LogP contribution in [0.5, 0.6) is 0 Å². The molecule has 1 aliphatic rings. The van der Waals surface area contributed by atoms with Gasteiger partial charge in [-0.2, -0.15) is 0 Å². The van der Waals surface area contributed by atoms with Gasteiger partial charge in [-0.05, 0) is 38.7 Å². The Balaban J connectivity index is 2.24. The number of allylic oxidation sites excluding steroid dienone is 3. The van der Waals surface area contributed by atoms with Crippen molar-refractivity contribution >= 4 is 11.7 Å². The lowest BCUT2D eigenvalue weighted by atomic mass is 9.83. The van der Waals surface area contributed by atoms with Crippen LogP contribution in [-0.4, -0.2) is 17.7 Å². The van der Waals surface area contributed by atoms with Crippen molar-refractivity contribution in [2.45, 2.75) is 38.6 Å². The summed E-state index contributed by atoms with van der Waals surface area (Å²) >= 11 is 0. The third kappa shape index (κ3) is 3.65. The Morgan fingerprint density at radius 2 is 2.19 bits per heavy atom. The monoisotopic (exact) mass is 221 g/mol. The van der Waals surface area contributed by atoms with E-state index in [1.54, 1.807) is 6.08 Å². The first-order chi connectivity index (χ1) is 7.65. The van der Waals surface area contributed by atoms with Crippen molar-refractivity contribution in [3.63, 3.8) is 0 Å². The van der Waals surface area contributed by atoms with Gasteiger partial charge < -0.3 is 5.32 Å². The van der Waals surface area contributed by atoms with Crippen molar-refractivity contribution < 1.29 is 9.59 Å². The molecule has 88 valence electrons. The summed E-state index contributed by atoms with van der Waals surface area (Å²) in [5, 5.41) is 2.90. The van der Waals surface area contributed by atoms with Gasteiger partial charge in [0.15, 0.2) is 5.78 Å². The highest BCUT2D eigenvalue weighted by Crippen LogP contribution is 2.24. The van der Waals surface area contributed by atoms with Gasteiger partial charge in [-0.25, -0.2) is 0 Å². The summed E-state index contributed by atoms with van der Waals surface area (Å²) in [4.78, 5) is 21.9. The van der Waals surface area contributed by atoms with E-state index in [-0.39, 0.29) is 23.7 Å². The van der Waals surface area contributed by atoms with Crippen LogP contribution in [0.2, 0.25) is 0 Å². The summed E-state index contributed by atoms with van der Waals surface area (Å²) < 4.78 is 0. The Morgan fingerprint density at radius 1 is 1.44 bits per heavy atom. The second-order valence-corrected chi connectivity index (χ2v) is 4.18. The molecule has 0 radical (unpaired) electrons. The van der Waals surface area contributed by atoms with E-state index < -0.39 is 0 Å². The van der Waals surface area contributed by atoms with Crippen LogP contribution in [-0.2, 0) is 9.59 Å². The zero-order valence-corrected chi connectivity index (χ0v) is 9.74. The summed E-state index contributed by atoms with van der Waals surface area (Å²) in [6.45, 7) is 5.19. The Kier molecular flexibility index (Phi) is 4.96. The zero-order chi connectivity index (χ0) is 12.0. The van der Waals surface area contributed by atoms with Gasteiger partial charge in [-0.1, -0.05) is 12.2 Å². The molecule has 0 aromatic carbocycles. The Hall–Kier alpha value is -1.38. The fourth-order valence-corrected chi connectivity index (χ4v) is 1.90. The van der Waals surface area contributed by atoms with Crippen LogP contribution in [0.4, 0.5) is 0 Å². The Bertz CT molecular complexity index is 307. The average Bonchev–Trinajstić information content (AvgIpc) is 2.22. The molecule has 0 aliphatic carbocycles. The molecule has 0 aromatic rings. The van der Waals surface area contributed by atoms with Gasteiger partial charge in [0.2, 0.25) is 5.91 Å². The largest absolute Gasteiger partial charge is 0.352 e. The minimum atomic E-state index is 0.0702. The highest BCUT2D eigenvalue weighted by atomic mass is 16.2. The Morgan fingerprint density at radius 3 is 2.75 bits per heavy atom. The highest BCUT2D eigenvalue weighted by molar-refractivity contribution is 5.87. The molecule has 0 bridgehead atoms. The molecule has 1 amide bonds. The lowest BCUT2D eigenvalue weighted by Crippen LogP contribution is -2.57. The van der Waals surface area contributed by atoms with Crippen LogP contribution >= 0.6 is 0 Å². The molecule has 1 saturated heterocycles. The number of β-lactam (4-membered cyclic amide) rings is 1. The maximum atomic E-state index is 11.3. The lowest BCUT2D eigenvalue weighted by Gasteiger charge is -2.36. The molecular weight excluding hydrogens is 202 g/mol. The van der Waals surface area contributed by atoms with Crippen molar-refractivity contribution in [3.8, 4) is 0 Å². The molecular formula is C13H19NO2. The van der Waals surface area contributed by atoms with Gasteiger partial charge in [0.1, 0.15) is 0 Å². The zero-order valence-electron chi connectivity index (χ0n) is 9.74. The third-order valence-corrected chi connectivity index (χ3v) is 2.83. The minimum absolute atomic E-state index is 0.0702. The first-order valence-corrected chi connectivity index (χ1v) is 5.73. The second kappa shape index (κ2) is 6.26.